The maximum atomic E-state index is 5.98. The van der Waals surface area contributed by atoms with E-state index >= 15 is 0 Å². The van der Waals surface area contributed by atoms with E-state index in [-0.39, 0.29) is 0 Å². The summed E-state index contributed by atoms with van der Waals surface area (Å²) < 4.78 is 0. The van der Waals surface area contributed by atoms with Crippen molar-refractivity contribution in [2.24, 2.45) is 11.7 Å². The summed E-state index contributed by atoms with van der Waals surface area (Å²) in [5, 5.41) is 3.41. The van der Waals surface area contributed by atoms with Crippen LogP contribution in [-0.2, 0) is 0 Å². The molecule has 1 aliphatic rings. The summed E-state index contributed by atoms with van der Waals surface area (Å²) in [4.78, 5) is 12.7. The third kappa shape index (κ3) is 3.39. The number of hydrogen-bond donors (Lipinski definition) is 1. The van der Waals surface area contributed by atoms with Gasteiger partial charge >= 0.3 is 0 Å². The molecule has 25 heavy (non-hydrogen) atoms. The molecule has 0 aliphatic carbocycles. The molecule has 0 spiro atoms. The number of hydrogen-bond acceptors (Lipinski definition) is 5. The van der Waals surface area contributed by atoms with Gasteiger partial charge in [0.05, 0.1) is 5.39 Å². The number of nitrogens with zero attached hydrogens (tertiary/aromatic N) is 3. The lowest BCUT2D eigenvalue weighted by Gasteiger charge is -2.33. The Morgan fingerprint density at radius 3 is 2.68 bits per heavy atom. The van der Waals surface area contributed by atoms with Gasteiger partial charge in [-0.1, -0.05) is 30.3 Å². The van der Waals surface area contributed by atoms with Crippen molar-refractivity contribution in [2.45, 2.75) is 32.2 Å². The molecule has 3 heterocycles. The molecule has 2 N–H and O–H groups in total. The maximum Gasteiger partial charge on any atom is 0.141 e. The summed E-state index contributed by atoms with van der Waals surface area (Å²) in [7, 11) is 0. The van der Waals surface area contributed by atoms with Gasteiger partial charge in [0.2, 0.25) is 0 Å². The molecule has 4 rings (SSSR count). The first-order chi connectivity index (χ1) is 12.2. The van der Waals surface area contributed by atoms with Crippen LogP contribution in [0.15, 0.2) is 42.0 Å². The Kier molecular flexibility index (Phi) is 4.68. The van der Waals surface area contributed by atoms with Gasteiger partial charge in [-0.25, -0.2) is 9.97 Å². The quantitative estimate of drug-likeness (QED) is 0.760. The predicted molar refractivity (Wildman–Crippen MR) is 106 cm³/mol. The number of rotatable bonds is 4. The summed E-state index contributed by atoms with van der Waals surface area (Å²) >= 11 is 1.70. The summed E-state index contributed by atoms with van der Waals surface area (Å²) in [5.41, 5.74) is 8.46. The highest BCUT2D eigenvalue weighted by molar-refractivity contribution is 7.17. The van der Waals surface area contributed by atoms with E-state index in [4.69, 9.17) is 5.73 Å². The number of anilines is 1. The molecule has 0 amide bonds. The SMILES string of the molecule is CC(N)CC1CCN(c2ncnc3scc(-c4ccccc4)c23)CC1. The molecule has 1 atom stereocenters. The Morgan fingerprint density at radius 1 is 1.20 bits per heavy atom. The second-order valence-electron chi connectivity index (χ2n) is 7.04. The van der Waals surface area contributed by atoms with E-state index in [9.17, 15) is 0 Å². The second kappa shape index (κ2) is 7.10. The van der Waals surface area contributed by atoms with Crippen molar-refractivity contribution in [1.29, 1.82) is 0 Å². The lowest BCUT2D eigenvalue weighted by molar-refractivity contribution is 0.360. The normalized spacial score (nSPS) is 17.1. The van der Waals surface area contributed by atoms with Crippen molar-refractivity contribution < 1.29 is 0 Å². The number of piperidine rings is 1. The fourth-order valence-corrected chi connectivity index (χ4v) is 4.75. The fraction of sp³-hybridized carbons (Fsp3) is 0.400. The highest BCUT2D eigenvalue weighted by Gasteiger charge is 2.24. The van der Waals surface area contributed by atoms with Crippen molar-refractivity contribution in [1.82, 2.24) is 9.97 Å². The van der Waals surface area contributed by atoms with Crippen LogP contribution >= 0.6 is 11.3 Å². The third-order valence-corrected chi connectivity index (χ3v) is 5.94. The van der Waals surface area contributed by atoms with Gasteiger partial charge in [0, 0.05) is 30.1 Å². The first kappa shape index (κ1) is 16.5. The Balaban J connectivity index is 1.66. The molecule has 1 unspecified atom stereocenters. The Morgan fingerprint density at radius 2 is 1.96 bits per heavy atom. The van der Waals surface area contributed by atoms with Crippen LogP contribution in [0.3, 0.4) is 0 Å². The lowest BCUT2D eigenvalue weighted by atomic mass is 9.91. The van der Waals surface area contributed by atoms with Gasteiger partial charge in [-0.05, 0) is 37.7 Å². The highest BCUT2D eigenvalue weighted by atomic mass is 32.1. The molecule has 1 aromatic carbocycles. The van der Waals surface area contributed by atoms with Gasteiger partial charge < -0.3 is 10.6 Å². The van der Waals surface area contributed by atoms with Crippen LogP contribution in [0, 0.1) is 5.92 Å². The van der Waals surface area contributed by atoms with Crippen LogP contribution < -0.4 is 10.6 Å². The van der Waals surface area contributed by atoms with Crippen LogP contribution in [0.1, 0.15) is 26.2 Å². The molecular weight excluding hydrogens is 328 g/mol. The van der Waals surface area contributed by atoms with E-state index in [0.717, 1.165) is 36.1 Å². The van der Waals surface area contributed by atoms with Crippen LogP contribution in [0.5, 0.6) is 0 Å². The fourth-order valence-electron chi connectivity index (χ4n) is 3.84. The smallest absolute Gasteiger partial charge is 0.141 e. The maximum absolute atomic E-state index is 5.98. The molecule has 1 fully saturated rings. The predicted octanol–water partition coefficient (Wildman–Crippen LogP) is 4.31. The molecule has 1 saturated heterocycles. The zero-order valence-corrected chi connectivity index (χ0v) is 15.4. The molecule has 0 bridgehead atoms. The highest BCUT2D eigenvalue weighted by Crippen LogP contribution is 2.38. The first-order valence-electron chi connectivity index (χ1n) is 9.00. The number of thiophene rings is 1. The van der Waals surface area contributed by atoms with E-state index in [1.165, 1.54) is 29.4 Å². The molecule has 4 nitrogen and oxygen atoms in total. The van der Waals surface area contributed by atoms with Crippen molar-refractivity contribution in [2.75, 3.05) is 18.0 Å². The lowest BCUT2D eigenvalue weighted by Crippen LogP contribution is -2.36. The van der Waals surface area contributed by atoms with Crippen LogP contribution in [0.2, 0.25) is 0 Å². The first-order valence-corrected chi connectivity index (χ1v) is 9.88. The van der Waals surface area contributed by atoms with Crippen LogP contribution in [0.4, 0.5) is 5.82 Å². The van der Waals surface area contributed by atoms with Gasteiger partial charge in [-0.15, -0.1) is 11.3 Å². The van der Waals surface area contributed by atoms with E-state index in [0.29, 0.717) is 6.04 Å². The molecule has 1 aliphatic heterocycles. The Bertz CT molecular complexity index is 835. The Hall–Kier alpha value is -1.98. The summed E-state index contributed by atoms with van der Waals surface area (Å²) in [5.74, 6) is 1.83. The number of aromatic nitrogens is 2. The zero-order valence-electron chi connectivity index (χ0n) is 14.6. The van der Waals surface area contributed by atoms with Crippen molar-refractivity contribution in [3.63, 3.8) is 0 Å². The van der Waals surface area contributed by atoms with Gasteiger partial charge in [0.15, 0.2) is 0 Å². The number of nitrogens with two attached hydrogens (primary N) is 1. The topological polar surface area (TPSA) is 55.0 Å². The summed E-state index contributed by atoms with van der Waals surface area (Å²) in [6.45, 7) is 4.21. The second-order valence-corrected chi connectivity index (χ2v) is 7.89. The van der Waals surface area contributed by atoms with E-state index < -0.39 is 0 Å². The van der Waals surface area contributed by atoms with Crippen molar-refractivity contribution in [3.8, 4) is 11.1 Å². The van der Waals surface area contributed by atoms with E-state index in [1.807, 2.05) is 0 Å². The molecule has 3 aromatic rings. The molecule has 2 aromatic heterocycles. The van der Waals surface area contributed by atoms with Crippen molar-refractivity contribution >= 4 is 27.4 Å². The van der Waals surface area contributed by atoms with Gasteiger partial charge in [-0.2, -0.15) is 0 Å². The largest absolute Gasteiger partial charge is 0.356 e. The minimum Gasteiger partial charge on any atom is -0.356 e. The minimum absolute atomic E-state index is 0.295. The molecular formula is C20H24N4S. The van der Waals surface area contributed by atoms with Crippen molar-refractivity contribution in [3.05, 3.63) is 42.0 Å². The van der Waals surface area contributed by atoms with Gasteiger partial charge in [0.1, 0.15) is 17.0 Å². The standard InChI is InChI=1S/C20H24N4S/c1-14(21)11-15-7-9-24(10-8-15)19-18-17(16-5-3-2-4-6-16)12-25-20(18)23-13-22-19/h2-6,12-15H,7-11,21H2,1H3. The van der Waals surface area contributed by atoms with Crippen LogP contribution in [0.25, 0.3) is 21.3 Å². The Labute approximate surface area is 152 Å². The van der Waals surface area contributed by atoms with Crippen LogP contribution in [-0.4, -0.2) is 29.1 Å². The summed E-state index contributed by atoms with van der Waals surface area (Å²) in [6, 6.07) is 10.8. The zero-order chi connectivity index (χ0) is 17.2. The molecule has 0 radical (unpaired) electrons. The minimum atomic E-state index is 0.295. The monoisotopic (exact) mass is 352 g/mol. The number of fused-ring (bicyclic) bond motifs is 1. The molecule has 5 heteroatoms. The average Bonchev–Trinajstić information content (AvgIpc) is 3.07. The van der Waals surface area contributed by atoms with E-state index in [1.54, 1.807) is 17.7 Å². The summed E-state index contributed by atoms with van der Waals surface area (Å²) in [6.07, 6.45) is 5.22. The average molecular weight is 353 g/mol. The molecule has 130 valence electrons. The third-order valence-electron chi connectivity index (χ3n) is 5.05. The van der Waals surface area contributed by atoms with Gasteiger partial charge in [-0.3, -0.25) is 0 Å². The van der Waals surface area contributed by atoms with E-state index in [2.05, 4.69) is 57.5 Å². The van der Waals surface area contributed by atoms with Gasteiger partial charge in [0.25, 0.3) is 0 Å². The number of benzene rings is 1. The molecule has 0 saturated carbocycles.